The van der Waals surface area contributed by atoms with Crippen LogP contribution in [0.5, 0.6) is 5.75 Å². The molecule has 0 atom stereocenters. The van der Waals surface area contributed by atoms with Crippen molar-refractivity contribution in [2.24, 2.45) is 0 Å². The molecule has 0 aliphatic carbocycles. The zero-order chi connectivity index (χ0) is 13.4. The van der Waals surface area contributed by atoms with E-state index in [0.29, 0.717) is 12.2 Å². The van der Waals surface area contributed by atoms with Gasteiger partial charge in [-0.05, 0) is 18.6 Å². The van der Waals surface area contributed by atoms with Crippen molar-refractivity contribution in [2.45, 2.75) is 39.0 Å². The summed E-state index contributed by atoms with van der Waals surface area (Å²) >= 11 is 0. The van der Waals surface area contributed by atoms with Crippen LogP contribution in [0.2, 0.25) is 0 Å². The number of hydrogen-bond donors (Lipinski definition) is 0. The molecule has 0 heterocycles. The van der Waals surface area contributed by atoms with Crippen molar-refractivity contribution >= 4 is 11.7 Å². The molecule has 0 saturated carbocycles. The van der Waals surface area contributed by atoms with Gasteiger partial charge in [-0.3, -0.25) is 14.9 Å². The maximum atomic E-state index is 11.4. The first-order chi connectivity index (χ1) is 8.63. The molecular weight excluding hydrogens is 234 g/mol. The molecule has 0 spiro atoms. The zero-order valence-electron chi connectivity index (χ0n) is 10.4. The quantitative estimate of drug-likeness (QED) is 0.244. The number of hydrogen-bond acceptors (Lipinski definition) is 4. The Hall–Kier alpha value is -1.91. The van der Waals surface area contributed by atoms with Crippen LogP contribution in [0.15, 0.2) is 24.3 Å². The fourth-order valence-electron chi connectivity index (χ4n) is 1.51. The Balaban J connectivity index is 2.37. The summed E-state index contributed by atoms with van der Waals surface area (Å²) in [5, 5.41) is 10.4. The van der Waals surface area contributed by atoms with Gasteiger partial charge in [-0.25, -0.2) is 0 Å². The van der Waals surface area contributed by atoms with E-state index in [9.17, 15) is 14.9 Å². The van der Waals surface area contributed by atoms with Crippen molar-refractivity contribution in [2.75, 3.05) is 0 Å². The molecule has 0 aliphatic rings. The van der Waals surface area contributed by atoms with Crippen LogP contribution in [0.1, 0.15) is 39.0 Å². The Morgan fingerprint density at radius 3 is 2.44 bits per heavy atom. The molecule has 0 aliphatic heterocycles. The number of carbonyl (C=O) groups is 1. The summed E-state index contributed by atoms with van der Waals surface area (Å²) in [6.07, 6.45) is 4.46. The zero-order valence-corrected chi connectivity index (χ0v) is 10.4. The van der Waals surface area contributed by atoms with Gasteiger partial charge in [0.2, 0.25) is 0 Å². The molecule has 0 amide bonds. The molecule has 98 valence electrons. The van der Waals surface area contributed by atoms with E-state index in [0.717, 1.165) is 25.7 Å². The lowest BCUT2D eigenvalue weighted by molar-refractivity contribution is -0.384. The second kappa shape index (κ2) is 7.42. The molecule has 5 nitrogen and oxygen atoms in total. The van der Waals surface area contributed by atoms with E-state index in [1.165, 1.54) is 24.3 Å². The molecular formula is C13H17NO4. The van der Waals surface area contributed by atoms with E-state index in [2.05, 4.69) is 6.92 Å². The highest BCUT2D eigenvalue weighted by Gasteiger charge is 2.07. The van der Waals surface area contributed by atoms with E-state index in [1.54, 1.807) is 0 Å². The van der Waals surface area contributed by atoms with Crippen molar-refractivity contribution in [1.29, 1.82) is 0 Å². The second-order valence-electron chi connectivity index (χ2n) is 4.04. The largest absolute Gasteiger partial charge is 0.427 e. The van der Waals surface area contributed by atoms with Crippen molar-refractivity contribution < 1.29 is 14.5 Å². The van der Waals surface area contributed by atoms with Gasteiger partial charge in [0.05, 0.1) is 4.92 Å². The van der Waals surface area contributed by atoms with Crippen LogP contribution in [-0.4, -0.2) is 10.9 Å². The van der Waals surface area contributed by atoms with E-state index < -0.39 is 4.92 Å². The summed E-state index contributed by atoms with van der Waals surface area (Å²) in [5.41, 5.74) is -0.0160. The van der Waals surface area contributed by atoms with Crippen LogP contribution >= 0.6 is 0 Å². The summed E-state index contributed by atoms with van der Waals surface area (Å²) in [6, 6.07) is 5.50. The fraction of sp³-hybridized carbons (Fsp3) is 0.462. The Labute approximate surface area is 106 Å². The van der Waals surface area contributed by atoms with Crippen molar-refractivity contribution in [3.8, 4) is 5.75 Å². The van der Waals surface area contributed by atoms with Crippen molar-refractivity contribution in [1.82, 2.24) is 0 Å². The van der Waals surface area contributed by atoms with Crippen LogP contribution < -0.4 is 4.74 Å². The van der Waals surface area contributed by atoms with Crippen LogP contribution in [-0.2, 0) is 4.79 Å². The average Bonchev–Trinajstić information content (AvgIpc) is 2.35. The molecule has 0 unspecified atom stereocenters. The summed E-state index contributed by atoms with van der Waals surface area (Å²) in [6.45, 7) is 2.11. The van der Waals surface area contributed by atoms with Crippen molar-refractivity contribution in [3.05, 3.63) is 34.4 Å². The minimum Gasteiger partial charge on any atom is -0.427 e. The molecule has 0 radical (unpaired) electrons. The minimum atomic E-state index is -0.490. The molecule has 0 aromatic heterocycles. The lowest BCUT2D eigenvalue weighted by Crippen LogP contribution is -2.07. The standard InChI is InChI=1S/C13H17NO4/c1-2-3-4-5-6-13(15)18-12-9-7-11(8-10-12)14(16)17/h7-10H,2-6H2,1H3. The van der Waals surface area contributed by atoms with Gasteiger partial charge in [0.15, 0.2) is 0 Å². The van der Waals surface area contributed by atoms with Gasteiger partial charge in [-0.1, -0.05) is 26.2 Å². The maximum absolute atomic E-state index is 11.4. The number of non-ortho nitro benzene ring substituents is 1. The Kier molecular flexibility index (Phi) is 5.84. The summed E-state index contributed by atoms with van der Waals surface area (Å²) in [5.74, 6) is 0.0565. The number of ether oxygens (including phenoxy) is 1. The SMILES string of the molecule is CCCCCCC(=O)Oc1ccc([N+](=O)[O-])cc1. The van der Waals surface area contributed by atoms with Gasteiger partial charge in [-0.2, -0.15) is 0 Å². The third-order valence-corrected chi connectivity index (χ3v) is 2.51. The van der Waals surface area contributed by atoms with E-state index in [1.807, 2.05) is 0 Å². The summed E-state index contributed by atoms with van der Waals surface area (Å²) in [4.78, 5) is 21.4. The Morgan fingerprint density at radius 1 is 1.22 bits per heavy atom. The number of esters is 1. The van der Waals surface area contributed by atoms with Crippen LogP contribution in [0.4, 0.5) is 5.69 Å². The highest BCUT2D eigenvalue weighted by molar-refractivity contribution is 5.72. The number of rotatable bonds is 7. The number of nitro groups is 1. The van der Waals surface area contributed by atoms with Crippen LogP contribution in [0.25, 0.3) is 0 Å². The lowest BCUT2D eigenvalue weighted by atomic mass is 10.1. The Bertz CT molecular complexity index is 400. The number of benzene rings is 1. The highest BCUT2D eigenvalue weighted by atomic mass is 16.6. The van der Waals surface area contributed by atoms with E-state index >= 15 is 0 Å². The predicted octanol–water partition coefficient (Wildman–Crippen LogP) is 3.47. The van der Waals surface area contributed by atoms with Gasteiger partial charge in [0, 0.05) is 18.6 Å². The van der Waals surface area contributed by atoms with Crippen LogP contribution in [0.3, 0.4) is 0 Å². The number of nitrogens with zero attached hydrogens (tertiary/aromatic N) is 1. The second-order valence-corrected chi connectivity index (χ2v) is 4.04. The maximum Gasteiger partial charge on any atom is 0.311 e. The van der Waals surface area contributed by atoms with E-state index in [4.69, 9.17) is 4.74 Å². The van der Waals surface area contributed by atoms with Gasteiger partial charge < -0.3 is 4.74 Å². The molecule has 18 heavy (non-hydrogen) atoms. The fourth-order valence-corrected chi connectivity index (χ4v) is 1.51. The third-order valence-electron chi connectivity index (χ3n) is 2.51. The first kappa shape index (κ1) is 14.2. The summed E-state index contributed by atoms with van der Waals surface area (Å²) in [7, 11) is 0. The monoisotopic (exact) mass is 251 g/mol. The third kappa shape index (κ3) is 4.95. The highest BCUT2D eigenvalue weighted by Crippen LogP contribution is 2.18. The molecule has 1 aromatic carbocycles. The van der Waals surface area contributed by atoms with E-state index in [-0.39, 0.29) is 11.7 Å². The normalized spacial score (nSPS) is 10.1. The Morgan fingerprint density at radius 2 is 1.89 bits per heavy atom. The number of nitro benzene ring substituents is 1. The average molecular weight is 251 g/mol. The smallest absolute Gasteiger partial charge is 0.311 e. The number of carbonyl (C=O) groups excluding carboxylic acids is 1. The van der Waals surface area contributed by atoms with Crippen molar-refractivity contribution in [3.63, 3.8) is 0 Å². The molecule has 0 N–H and O–H groups in total. The first-order valence-corrected chi connectivity index (χ1v) is 6.08. The van der Waals surface area contributed by atoms with Gasteiger partial charge >= 0.3 is 5.97 Å². The predicted molar refractivity (Wildman–Crippen MR) is 67.5 cm³/mol. The van der Waals surface area contributed by atoms with Gasteiger partial charge in [0.25, 0.3) is 5.69 Å². The molecule has 0 fully saturated rings. The molecule has 1 rings (SSSR count). The van der Waals surface area contributed by atoms with Gasteiger partial charge in [0.1, 0.15) is 5.75 Å². The van der Waals surface area contributed by atoms with Crippen LogP contribution in [0, 0.1) is 10.1 Å². The number of unbranched alkanes of at least 4 members (excludes halogenated alkanes) is 3. The molecule has 5 heteroatoms. The molecule has 1 aromatic rings. The summed E-state index contributed by atoms with van der Waals surface area (Å²) < 4.78 is 5.07. The van der Waals surface area contributed by atoms with Gasteiger partial charge in [-0.15, -0.1) is 0 Å². The first-order valence-electron chi connectivity index (χ1n) is 6.08. The molecule has 0 bridgehead atoms. The lowest BCUT2D eigenvalue weighted by Gasteiger charge is -2.03. The molecule has 0 saturated heterocycles. The topological polar surface area (TPSA) is 69.4 Å². The minimum absolute atomic E-state index is 0.0160.